The van der Waals surface area contributed by atoms with Crippen LogP contribution in [0.4, 0.5) is 4.39 Å². The van der Waals surface area contributed by atoms with Crippen molar-refractivity contribution in [2.75, 3.05) is 0 Å². The maximum absolute atomic E-state index is 14.3. The minimum absolute atomic E-state index is 0.638. The van der Waals surface area contributed by atoms with Gasteiger partial charge in [-0.05, 0) is 30.5 Å². The molecule has 1 aliphatic carbocycles. The van der Waals surface area contributed by atoms with E-state index in [-0.39, 0.29) is 0 Å². The van der Waals surface area contributed by atoms with Gasteiger partial charge in [-0.3, -0.25) is 0 Å². The predicted molar refractivity (Wildman–Crippen MR) is 63.4 cm³/mol. The number of hydrogen-bond acceptors (Lipinski definition) is 1. The highest BCUT2D eigenvalue weighted by atomic mass is 79.9. The summed E-state index contributed by atoms with van der Waals surface area (Å²) in [5.41, 5.74) is 6.14. The van der Waals surface area contributed by atoms with Crippen molar-refractivity contribution < 1.29 is 4.39 Å². The average molecular weight is 272 g/mol. The van der Waals surface area contributed by atoms with Crippen LogP contribution in [0.2, 0.25) is 0 Å². The summed E-state index contributed by atoms with van der Waals surface area (Å²) in [6, 6.07) is 7.37. The Bertz CT molecular complexity index is 347. The number of halogens is 2. The minimum Gasteiger partial charge on any atom is -0.322 e. The summed E-state index contributed by atoms with van der Waals surface area (Å²) in [7, 11) is 0. The van der Waals surface area contributed by atoms with Crippen LogP contribution in [0.15, 0.2) is 28.7 Å². The Morgan fingerprint density at radius 1 is 1.33 bits per heavy atom. The van der Waals surface area contributed by atoms with E-state index in [0.29, 0.717) is 5.56 Å². The Morgan fingerprint density at radius 3 is 2.60 bits per heavy atom. The lowest BCUT2D eigenvalue weighted by Crippen LogP contribution is -2.41. The highest BCUT2D eigenvalue weighted by Crippen LogP contribution is 2.40. The normalized spacial score (nSPS) is 21.5. The van der Waals surface area contributed by atoms with Crippen LogP contribution in [-0.4, -0.2) is 5.54 Å². The second-order valence-corrected chi connectivity index (χ2v) is 5.27. The zero-order valence-corrected chi connectivity index (χ0v) is 10.1. The maximum atomic E-state index is 14.3. The van der Waals surface area contributed by atoms with Gasteiger partial charge in [-0.2, -0.15) is 0 Å². The molecule has 0 bridgehead atoms. The van der Waals surface area contributed by atoms with Crippen LogP contribution in [0.3, 0.4) is 0 Å². The molecule has 0 aliphatic heterocycles. The van der Waals surface area contributed by atoms with Crippen molar-refractivity contribution in [3.8, 4) is 0 Å². The fourth-order valence-electron chi connectivity index (χ4n) is 2.28. The summed E-state index contributed by atoms with van der Waals surface area (Å²) >= 11 is 3.35. The van der Waals surface area contributed by atoms with E-state index in [9.17, 15) is 4.39 Å². The lowest BCUT2D eigenvalue weighted by atomic mass is 9.88. The molecule has 1 atom stereocenters. The SMILES string of the molecule is NC1(C(F)c2cccc(Br)c2)CCCC1. The van der Waals surface area contributed by atoms with Crippen LogP contribution in [0.25, 0.3) is 0 Å². The Labute approximate surface area is 98.0 Å². The van der Waals surface area contributed by atoms with Gasteiger partial charge >= 0.3 is 0 Å². The van der Waals surface area contributed by atoms with E-state index in [0.717, 1.165) is 30.2 Å². The molecule has 1 fully saturated rings. The Morgan fingerprint density at radius 2 is 2.00 bits per heavy atom. The predicted octanol–water partition coefficient (Wildman–Crippen LogP) is 3.73. The Hall–Kier alpha value is -0.410. The van der Waals surface area contributed by atoms with Crippen molar-refractivity contribution in [2.45, 2.75) is 37.4 Å². The van der Waals surface area contributed by atoms with Crippen molar-refractivity contribution in [1.29, 1.82) is 0 Å². The van der Waals surface area contributed by atoms with Gasteiger partial charge in [-0.1, -0.05) is 40.9 Å². The number of nitrogens with two attached hydrogens (primary N) is 1. The van der Waals surface area contributed by atoms with Gasteiger partial charge < -0.3 is 5.73 Å². The van der Waals surface area contributed by atoms with E-state index in [4.69, 9.17) is 5.73 Å². The van der Waals surface area contributed by atoms with E-state index in [1.807, 2.05) is 24.3 Å². The molecule has 0 saturated heterocycles. The lowest BCUT2D eigenvalue weighted by molar-refractivity contribution is 0.194. The van der Waals surface area contributed by atoms with E-state index < -0.39 is 11.7 Å². The molecule has 0 radical (unpaired) electrons. The molecule has 0 spiro atoms. The molecule has 2 N–H and O–H groups in total. The van der Waals surface area contributed by atoms with Gasteiger partial charge in [-0.25, -0.2) is 4.39 Å². The third-order valence-corrected chi connectivity index (χ3v) is 3.67. The molecule has 1 nitrogen and oxygen atoms in total. The molecule has 1 aliphatic rings. The van der Waals surface area contributed by atoms with Crippen LogP contribution < -0.4 is 5.73 Å². The van der Waals surface area contributed by atoms with Crippen molar-refractivity contribution in [3.63, 3.8) is 0 Å². The summed E-state index contributed by atoms with van der Waals surface area (Å²) in [4.78, 5) is 0. The van der Waals surface area contributed by atoms with Crippen molar-refractivity contribution in [3.05, 3.63) is 34.3 Å². The summed E-state index contributed by atoms with van der Waals surface area (Å²) < 4.78 is 15.2. The topological polar surface area (TPSA) is 26.0 Å². The first-order valence-corrected chi connectivity index (χ1v) is 6.09. The van der Waals surface area contributed by atoms with E-state index in [1.165, 1.54) is 0 Å². The third-order valence-electron chi connectivity index (χ3n) is 3.18. The molecule has 2 rings (SSSR count). The van der Waals surface area contributed by atoms with Gasteiger partial charge in [0.2, 0.25) is 0 Å². The lowest BCUT2D eigenvalue weighted by Gasteiger charge is -2.28. The molecule has 1 unspecified atom stereocenters. The van der Waals surface area contributed by atoms with Gasteiger partial charge in [0.05, 0.1) is 5.54 Å². The zero-order valence-electron chi connectivity index (χ0n) is 8.55. The van der Waals surface area contributed by atoms with Crippen molar-refractivity contribution >= 4 is 15.9 Å². The minimum atomic E-state index is -1.04. The van der Waals surface area contributed by atoms with Gasteiger partial charge in [-0.15, -0.1) is 0 Å². The molecule has 3 heteroatoms. The van der Waals surface area contributed by atoms with Gasteiger partial charge in [0.25, 0.3) is 0 Å². The molecule has 82 valence electrons. The van der Waals surface area contributed by atoms with E-state index in [2.05, 4.69) is 15.9 Å². The van der Waals surface area contributed by atoms with Gasteiger partial charge in [0.1, 0.15) is 6.17 Å². The summed E-state index contributed by atoms with van der Waals surface area (Å²) in [5.74, 6) is 0. The standard InChI is InChI=1S/C12H15BrFN/c13-10-5-3-4-9(8-10)11(14)12(15)6-1-2-7-12/h3-5,8,11H,1-2,6-7,15H2. The summed E-state index contributed by atoms with van der Waals surface area (Å²) in [5, 5.41) is 0. The fraction of sp³-hybridized carbons (Fsp3) is 0.500. The first kappa shape index (κ1) is 11.1. The van der Waals surface area contributed by atoms with Gasteiger partial charge in [0, 0.05) is 4.47 Å². The summed E-state index contributed by atoms with van der Waals surface area (Å²) in [6.07, 6.45) is 2.63. The largest absolute Gasteiger partial charge is 0.322 e. The van der Waals surface area contributed by atoms with E-state index >= 15 is 0 Å². The zero-order chi connectivity index (χ0) is 10.9. The second kappa shape index (κ2) is 4.22. The van der Waals surface area contributed by atoms with Crippen LogP contribution >= 0.6 is 15.9 Å². The number of benzene rings is 1. The van der Waals surface area contributed by atoms with Crippen LogP contribution in [0, 0.1) is 0 Å². The molecule has 15 heavy (non-hydrogen) atoms. The highest BCUT2D eigenvalue weighted by molar-refractivity contribution is 9.10. The Balaban J connectivity index is 2.23. The van der Waals surface area contributed by atoms with Crippen molar-refractivity contribution in [2.24, 2.45) is 5.73 Å². The van der Waals surface area contributed by atoms with Crippen LogP contribution in [0.5, 0.6) is 0 Å². The molecular weight excluding hydrogens is 257 g/mol. The molecule has 1 saturated carbocycles. The maximum Gasteiger partial charge on any atom is 0.143 e. The Kier molecular flexibility index (Phi) is 3.12. The monoisotopic (exact) mass is 271 g/mol. The van der Waals surface area contributed by atoms with Crippen LogP contribution in [0.1, 0.15) is 37.4 Å². The van der Waals surface area contributed by atoms with Crippen LogP contribution in [-0.2, 0) is 0 Å². The first-order chi connectivity index (χ1) is 7.12. The summed E-state index contributed by atoms with van der Waals surface area (Å²) in [6.45, 7) is 0. The quantitative estimate of drug-likeness (QED) is 0.872. The van der Waals surface area contributed by atoms with Crippen molar-refractivity contribution in [1.82, 2.24) is 0 Å². The second-order valence-electron chi connectivity index (χ2n) is 4.36. The molecular formula is C12H15BrFN. The molecule has 1 aromatic rings. The number of alkyl halides is 1. The van der Waals surface area contributed by atoms with Gasteiger partial charge in [0.15, 0.2) is 0 Å². The number of rotatable bonds is 2. The molecule has 0 amide bonds. The average Bonchev–Trinajstić information content (AvgIpc) is 2.65. The highest BCUT2D eigenvalue weighted by Gasteiger charge is 2.38. The number of hydrogen-bond donors (Lipinski definition) is 1. The molecule has 0 aromatic heterocycles. The first-order valence-electron chi connectivity index (χ1n) is 5.30. The fourth-order valence-corrected chi connectivity index (χ4v) is 2.70. The smallest absolute Gasteiger partial charge is 0.143 e. The van der Waals surface area contributed by atoms with E-state index in [1.54, 1.807) is 0 Å². The molecule has 0 heterocycles. The molecule has 1 aromatic carbocycles. The third kappa shape index (κ3) is 2.23.